The van der Waals surface area contributed by atoms with Crippen molar-refractivity contribution in [2.24, 2.45) is 5.14 Å². The fourth-order valence-corrected chi connectivity index (χ4v) is 3.48. The van der Waals surface area contributed by atoms with Crippen LogP contribution in [0.2, 0.25) is 0 Å². The summed E-state index contributed by atoms with van der Waals surface area (Å²) in [5.74, 6) is 0.198. The van der Waals surface area contributed by atoms with Crippen LogP contribution in [0.15, 0.2) is 30.3 Å². The number of piperazine rings is 1. The number of rotatable bonds is 6. The molecule has 1 aliphatic heterocycles. The Morgan fingerprint density at radius 2 is 1.75 bits per heavy atom. The Hall–Kier alpha value is -1.48. The van der Waals surface area contributed by atoms with E-state index >= 15 is 0 Å². The first-order chi connectivity index (χ1) is 11.3. The molecule has 1 aromatic carbocycles. The molecule has 7 nitrogen and oxygen atoms in total. The molecule has 1 fully saturated rings. The second kappa shape index (κ2) is 8.06. The molecule has 8 heteroatoms. The van der Waals surface area contributed by atoms with Crippen LogP contribution >= 0.6 is 0 Å². The number of amides is 1. The minimum Gasteiger partial charge on any atom is -0.354 e. The first kappa shape index (κ1) is 18.9. The lowest BCUT2D eigenvalue weighted by Crippen LogP contribution is -2.56. The molecule has 0 radical (unpaired) electrons. The van der Waals surface area contributed by atoms with Gasteiger partial charge in [0, 0.05) is 32.7 Å². The van der Waals surface area contributed by atoms with Crippen molar-refractivity contribution in [3.63, 3.8) is 0 Å². The number of benzene rings is 1. The number of nitrogens with two attached hydrogens (primary N) is 1. The van der Waals surface area contributed by atoms with Gasteiger partial charge in [-0.05, 0) is 18.4 Å². The van der Waals surface area contributed by atoms with Gasteiger partial charge in [0.05, 0.1) is 6.04 Å². The van der Waals surface area contributed by atoms with E-state index in [1.165, 1.54) is 9.87 Å². The zero-order valence-electron chi connectivity index (χ0n) is 14.2. The Morgan fingerprint density at radius 3 is 2.29 bits per heavy atom. The van der Waals surface area contributed by atoms with Crippen LogP contribution in [0, 0.1) is 0 Å². The van der Waals surface area contributed by atoms with Gasteiger partial charge in [-0.15, -0.1) is 0 Å². The first-order valence-corrected chi connectivity index (χ1v) is 9.64. The standard InChI is InChI=1S/C16H26N4O3S/c1-13(15-6-4-3-5-7-15)12-18-16(21)14(2)19-8-10-20(11-9-19)24(17,22)23/h3-7,13-14H,8-12H2,1-2H3,(H,18,21)(H2,17,22,23). The summed E-state index contributed by atoms with van der Waals surface area (Å²) in [7, 11) is -3.64. The summed E-state index contributed by atoms with van der Waals surface area (Å²) in [6, 6.07) is 9.75. The van der Waals surface area contributed by atoms with Gasteiger partial charge in [-0.3, -0.25) is 9.69 Å². The molecule has 1 saturated heterocycles. The molecule has 0 bridgehead atoms. The van der Waals surface area contributed by atoms with E-state index in [1.54, 1.807) is 0 Å². The molecule has 24 heavy (non-hydrogen) atoms. The molecular formula is C16H26N4O3S. The number of nitrogens with one attached hydrogen (secondary N) is 1. The topological polar surface area (TPSA) is 95.7 Å². The molecule has 1 aliphatic rings. The van der Waals surface area contributed by atoms with Crippen LogP contribution in [0.3, 0.4) is 0 Å². The van der Waals surface area contributed by atoms with Crippen molar-refractivity contribution in [2.75, 3.05) is 32.7 Å². The predicted octanol–water partition coefficient (Wildman–Crippen LogP) is 0.116. The van der Waals surface area contributed by atoms with Gasteiger partial charge in [-0.25, -0.2) is 5.14 Å². The molecular weight excluding hydrogens is 328 g/mol. The normalized spacial score (nSPS) is 19.6. The summed E-state index contributed by atoms with van der Waals surface area (Å²) in [5, 5.41) is 8.11. The number of nitrogens with zero attached hydrogens (tertiary/aromatic N) is 2. The summed E-state index contributed by atoms with van der Waals surface area (Å²) in [6.45, 7) is 6.12. The summed E-state index contributed by atoms with van der Waals surface area (Å²) in [5.41, 5.74) is 1.19. The summed E-state index contributed by atoms with van der Waals surface area (Å²) in [4.78, 5) is 14.3. The average molecular weight is 354 g/mol. The third-order valence-electron chi connectivity index (χ3n) is 4.51. The molecule has 1 heterocycles. The second-order valence-corrected chi connectivity index (χ2v) is 7.76. The van der Waals surface area contributed by atoms with E-state index < -0.39 is 10.2 Å². The Bertz CT molecular complexity index is 643. The predicted molar refractivity (Wildman–Crippen MR) is 93.6 cm³/mol. The zero-order chi connectivity index (χ0) is 17.7. The fourth-order valence-electron chi connectivity index (χ4n) is 2.81. The number of hydrogen-bond acceptors (Lipinski definition) is 4. The van der Waals surface area contributed by atoms with E-state index in [9.17, 15) is 13.2 Å². The van der Waals surface area contributed by atoms with Crippen LogP contribution in [-0.4, -0.2) is 62.3 Å². The van der Waals surface area contributed by atoms with E-state index in [0.717, 1.165) is 0 Å². The second-order valence-electron chi connectivity index (χ2n) is 6.21. The van der Waals surface area contributed by atoms with Gasteiger partial charge >= 0.3 is 0 Å². The molecule has 0 aliphatic carbocycles. The highest BCUT2D eigenvalue weighted by molar-refractivity contribution is 7.86. The summed E-state index contributed by atoms with van der Waals surface area (Å²) >= 11 is 0. The van der Waals surface area contributed by atoms with Crippen LogP contribution in [0.25, 0.3) is 0 Å². The lowest BCUT2D eigenvalue weighted by molar-refractivity contribution is -0.126. The average Bonchev–Trinajstić information content (AvgIpc) is 2.58. The molecule has 3 N–H and O–H groups in total. The quantitative estimate of drug-likeness (QED) is 0.758. The van der Waals surface area contributed by atoms with Crippen molar-refractivity contribution in [1.82, 2.24) is 14.5 Å². The van der Waals surface area contributed by atoms with Gasteiger partial charge in [0.2, 0.25) is 5.91 Å². The van der Waals surface area contributed by atoms with Crippen LogP contribution in [-0.2, 0) is 15.0 Å². The van der Waals surface area contributed by atoms with Crippen molar-refractivity contribution in [2.45, 2.75) is 25.8 Å². The Kier molecular flexibility index (Phi) is 6.34. The van der Waals surface area contributed by atoms with E-state index in [1.807, 2.05) is 42.2 Å². The fraction of sp³-hybridized carbons (Fsp3) is 0.562. The maximum atomic E-state index is 12.3. The van der Waals surface area contributed by atoms with E-state index in [2.05, 4.69) is 12.2 Å². The third-order valence-corrected chi connectivity index (χ3v) is 5.60. The lowest BCUT2D eigenvalue weighted by atomic mass is 10.0. The van der Waals surface area contributed by atoms with E-state index in [-0.39, 0.29) is 17.9 Å². The lowest BCUT2D eigenvalue weighted by Gasteiger charge is -2.36. The molecule has 1 amide bonds. The zero-order valence-corrected chi connectivity index (χ0v) is 15.0. The van der Waals surface area contributed by atoms with Crippen molar-refractivity contribution >= 4 is 16.1 Å². The van der Waals surface area contributed by atoms with Crippen LogP contribution in [0.5, 0.6) is 0 Å². The summed E-state index contributed by atoms with van der Waals surface area (Å²) < 4.78 is 23.9. The number of hydrogen-bond donors (Lipinski definition) is 2. The van der Waals surface area contributed by atoms with Crippen LogP contribution in [0.1, 0.15) is 25.3 Å². The smallest absolute Gasteiger partial charge is 0.276 e. The Labute approximate surface area is 144 Å². The Morgan fingerprint density at radius 1 is 1.17 bits per heavy atom. The monoisotopic (exact) mass is 354 g/mol. The van der Waals surface area contributed by atoms with Crippen LogP contribution in [0.4, 0.5) is 0 Å². The van der Waals surface area contributed by atoms with E-state index in [4.69, 9.17) is 5.14 Å². The van der Waals surface area contributed by atoms with Gasteiger partial charge < -0.3 is 5.32 Å². The molecule has 2 atom stereocenters. The van der Waals surface area contributed by atoms with Gasteiger partial charge in [0.1, 0.15) is 0 Å². The minimum absolute atomic E-state index is 0.0400. The maximum absolute atomic E-state index is 12.3. The molecule has 0 aromatic heterocycles. The SMILES string of the molecule is CC(CNC(=O)C(C)N1CCN(S(N)(=O)=O)CC1)c1ccccc1. The minimum atomic E-state index is -3.64. The van der Waals surface area contributed by atoms with E-state index in [0.29, 0.717) is 32.7 Å². The number of carbonyl (C=O) groups is 1. The molecule has 1 aromatic rings. The largest absolute Gasteiger partial charge is 0.354 e. The Balaban J connectivity index is 1.81. The van der Waals surface area contributed by atoms with Gasteiger partial charge in [-0.1, -0.05) is 37.3 Å². The molecule has 134 valence electrons. The first-order valence-electron chi connectivity index (χ1n) is 8.13. The van der Waals surface area contributed by atoms with Gasteiger partial charge in [-0.2, -0.15) is 12.7 Å². The van der Waals surface area contributed by atoms with Crippen LogP contribution < -0.4 is 10.5 Å². The van der Waals surface area contributed by atoms with Crippen molar-refractivity contribution in [1.29, 1.82) is 0 Å². The van der Waals surface area contributed by atoms with Crippen molar-refractivity contribution in [3.05, 3.63) is 35.9 Å². The molecule has 2 unspecified atom stereocenters. The number of carbonyl (C=O) groups excluding carboxylic acids is 1. The molecule has 0 spiro atoms. The maximum Gasteiger partial charge on any atom is 0.276 e. The highest BCUT2D eigenvalue weighted by atomic mass is 32.2. The highest BCUT2D eigenvalue weighted by Gasteiger charge is 2.29. The highest BCUT2D eigenvalue weighted by Crippen LogP contribution is 2.13. The van der Waals surface area contributed by atoms with Crippen molar-refractivity contribution in [3.8, 4) is 0 Å². The van der Waals surface area contributed by atoms with Gasteiger partial charge in [0.15, 0.2) is 0 Å². The third kappa shape index (κ3) is 5.01. The summed E-state index contributed by atoms with van der Waals surface area (Å²) in [6.07, 6.45) is 0. The molecule has 0 saturated carbocycles. The molecule has 2 rings (SSSR count). The van der Waals surface area contributed by atoms with Crippen molar-refractivity contribution < 1.29 is 13.2 Å². The van der Waals surface area contributed by atoms with Gasteiger partial charge in [0.25, 0.3) is 10.2 Å².